The van der Waals surface area contributed by atoms with E-state index < -0.39 is 97.5 Å². The summed E-state index contributed by atoms with van der Waals surface area (Å²) >= 11 is 0. The molecule has 5 atom stereocenters. The van der Waals surface area contributed by atoms with Crippen LogP contribution in [0, 0.1) is 23.7 Å². The van der Waals surface area contributed by atoms with E-state index >= 15 is 0 Å². The van der Waals surface area contributed by atoms with Crippen molar-refractivity contribution in [3.05, 3.63) is 0 Å². The summed E-state index contributed by atoms with van der Waals surface area (Å²) < 4.78 is 68.7. The van der Waals surface area contributed by atoms with Gasteiger partial charge in [-0.15, -0.1) is 0 Å². The van der Waals surface area contributed by atoms with Gasteiger partial charge in [0.15, 0.2) is 12.2 Å². The van der Waals surface area contributed by atoms with E-state index in [0.29, 0.717) is 31.6 Å². The van der Waals surface area contributed by atoms with Crippen LogP contribution in [0.5, 0.6) is 0 Å². The molecule has 588 valence electrons. The molecule has 0 aromatic rings. The van der Waals surface area contributed by atoms with Gasteiger partial charge in [0.1, 0.15) is 19.3 Å². The highest BCUT2D eigenvalue weighted by atomic mass is 31.2. The van der Waals surface area contributed by atoms with Crippen LogP contribution in [0.2, 0.25) is 0 Å². The molecular formula is C80H156O17P2. The van der Waals surface area contributed by atoms with E-state index in [4.69, 9.17) is 37.0 Å². The average Bonchev–Trinajstić information content (AvgIpc) is 1.02. The predicted octanol–water partition coefficient (Wildman–Crippen LogP) is 23.6. The van der Waals surface area contributed by atoms with Gasteiger partial charge in [0.25, 0.3) is 0 Å². The number of aliphatic hydroxyl groups is 1. The Kier molecular flexibility index (Phi) is 67.8. The summed E-state index contributed by atoms with van der Waals surface area (Å²) in [5.41, 5.74) is 0. The summed E-state index contributed by atoms with van der Waals surface area (Å²) in [5.74, 6) is 0.950. The summed E-state index contributed by atoms with van der Waals surface area (Å²) in [7, 11) is -9.92. The zero-order valence-electron chi connectivity index (χ0n) is 65.1. The normalized spacial score (nSPS) is 14.1. The Hall–Kier alpha value is -1.94. The van der Waals surface area contributed by atoms with Crippen molar-refractivity contribution in [1.82, 2.24) is 0 Å². The first-order valence-electron chi connectivity index (χ1n) is 41.2. The molecule has 0 aliphatic rings. The molecule has 0 rings (SSSR count). The van der Waals surface area contributed by atoms with Crippen LogP contribution in [0.4, 0.5) is 0 Å². The van der Waals surface area contributed by atoms with Crippen molar-refractivity contribution >= 4 is 39.5 Å². The molecule has 3 unspecified atom stereocenters. The van der Waals surface area contributed by atoms with Crippen LogP contribution in [0.25, 0.3) is 0 Å². The number of carbonyl (C=O) groups is 4. The van der Waals surface area contributed by atoms with Gasteiger partial charge in [-0.25, -0.2) is 9.13 Å². The van der Waals surface area contributed by atoms with Crippen molar-refractivity contribution in [3.63, 3.8) is 0 Å². The monoisotopic (exact) mass is 1450 g/mol. The maximum absolute atomic E-state index is 13.1. The Morgan fingerprint density at radius 2 is 0.424 bits per heavy atom. The Bertz CT molecular complexity index is 1940. The molecule has 0 heterocycles. The molecule has 99 heavy (non-hydrogen) atoms. The second-order valence-corrected chi connectivity index (χ2v) is 33.6. The third-order valence-electron chi connectivity index (χ3n) is 18.6. The quantitative estimate of drug-likeness (QED) is 0.0222. The lowest BCUT2D eigenvalue weighted by molar-refractivity contribution is -0.161. The van der Waals surface area contributed by atoms with Crippen LogP contribution in [-0.2, 0) is 65.4 Å². The average molecular weight is 1450 g/mol. The van der Waals surface area contributed by atoms with Crippen molar-refractivity contribution in [3.8, 4) is 0 Å². The number of carbonyl (C=O) groups excluding carboxylic acids is 4. The second-order valence-electron chi connectivity index (χ2n) is 30.7. The summed E-state index contributed by atoms with van der Waals surface area (Å²) in [6, 6.07) is 0. The number of ether oxygens (including phenoxy) is 4. The third kappa shape index (κ3) is 74.1. The third-order valence-corrected chi connectivity index (χ3v) is 20.5. The van der Waals surface area contributed by atoms with Gasteiger partial charge in [-0.1, -0.05) is 357 Å². The molecule has 0 amide bonds. The minimum atomic E-state index is -4.96. The lowest BCUT2D eigenvalue weighted by atomic mass is 10.0. The lowest BCUT2D eigenvalue weighted by Crippen LogP contribution is -2.30. The first kappa shape index (κ1) is 97.1. The highest BCUT2D eigenvalue weighted by molar-refractivity contribution is 7.47. The van der Waals surface area contributed by atoms with Crippen molar-refractivity contribution in [1.29, 1.82) is 0 Å². The molecule has 0 aliphatic carbocycles. The maximum atomic E-state index is 13.1. The number of unbranched alkanes of at least 4 members (excludes halogenated alkanes) is 43. The molecule has 0 saturated heterocycles. The van der Waals surface area contributed by atoms with Crippen molar-refractivity contribution < 1.29 is 80.2 Å². The molecule has 0 bridgehead atoms. The van der Waals surface area contributed by atoms with E-state index in [9.17, 15) is 43.2 Å². The van der Waals surface area contributed by atoms with E-state index in [1.165, 1.54) is 205 Å². The Morgan fingerprint density at radius 1 is 0.253 bits per heavy atom. The van der Waals surface area contributed by atoms with Crippen LogP contribution in [-0.4, -0.2) is 96.7 Å². The number of phosphoric acid groups is 2. The Morgan fingerprint density at radius 3 is 0.626 bits per heavy atom. The summed E-state index contributed by atoms with van der Waals surface area (Å²) in [6.07, 6.45) is 55.6. The largest absolute Gasteiger partial charge is 0.472 e. The van der Waals surface area contributed by atoms with Crippen LogP contribution < -0.4 is 0 Å². The highest BCUT2D eigenvalue weighted by Gasteiger charge is 2.30. The van der Waals surface area contributed by atoms with Crippen molar-refractivity contribution in [2.75, 3.05) is 39.6 Å². The van der Waals surface area contributed by atoms with E-state index in [2.05, 4.69) is 55.4 Å². The molecule has 0 aromatic carbocycles. The van der Waals surface area contributed by atoms with Crippen molar-refractivity contribution in [2.24, 2.45) is 23.7 Å². The van der Waals surface area contributed by atoms with Crippen LogP contribution in [0.3, 0.4) is 0 Å². The van der Waals surface area contributed by atoms with Gasteiger partial charge in [-0.2, -0.15) is 0 Å². The first-order chi connectivity index (χ1) is 47.6. The molecule has 3 N–H and O–H groups in total. The number of phosphoric ester groups is 2. The maximum Gasteiger partial charge on any atom is 0.472 e. The van der Waals surface area contributed by atoms with Crippen molar-refractivity contribution in [2.45, 2.75) is 427 Å². The fraction of sp³-hybridized carbons (Fsp3) is 0.950. The predicted molar refractivity (Wildman–Crippen MR) is 404 cm³/mol. The summed E-state index contributed by atoms with van der Waals surface area (Å²) in [6.45, 7) is 14.2. The fourth-order valence-electron chi connectivity index (χ4n) is 12.3. The molecule has 0 saturated carbocycles. The molecular weight excluding hydrogens is 1290 g/mol. The molecule has 0 aromatic heterocycles. The molecule has 0 radical (unpaired) electrons. The molecule has 19 heteroatoms. The van der Waals surface area contributed by atoms with Gasteiger partial charge in [-0.05, 0) is 49.4 Å². The van der Waals surface area contributed by atoms with Gasteiger partial charge in [0, 0.05) is 25.7 Å². The Balaban J connectivity index is 5.24. The summed E-state index contributed by atoms with van der Waals surface area (Å²) in [5, 5.41) is 10.6. The van der Waals surface area contributed by atoms with E-state index in [1.54, 1.807) is 0 Å². The zero-order valence-corrected chi connectivity index (χ0v) is 66.9. The standard InChI is InChI=1S/C80H156O17P2/c1-70(2)56-48-40-32-25-19-15-11-9-13-17-21-28-36-44-52-60-77(82)90-66-75(96-79(84)62-54-46-37-29-22-18-14-10-12-16-20-26-33-41-49-57-71(3)4)68-94-98(86,87)92-64-74(81)65-93-99(88,89)95-69-76(67-91-78(83)61-53-45-39-31-35-43-51-59-73(7)8)97-80(85)63-55-47-38-30-24-23-27-34-42-50-58-72(5)6/h70-76,81H,9-69H2,1-8H3,(H,86,87)(H,88,89)/t74?,75-,76-/m1/s1. The smallest absolute Gasteiger partial charge is 0.462 e. The van der Waals surface area contributed by atoms with Gasteiger partial charge in [0.05, 0.1) is 26.4 Å². The van der Waals surface area contributed by atoms with Gasteiger partial charge < -0.3 is 33.8 Å². The zero-order chi connectivity index (χ0) is 73.1. The highest BCUT2D eigenvalue weighted by Crippen LogP contribution is 2.45. The number of aliphatic hydroxyl groups excluding tert-OH is 1. The molecule has 17 nitrogen and oxygen atoms in total. The number of esters is 4. The first-order valence-corrected chi connectivity index (χ1v) is 44.2. The van der Waals surface area contributed by atoms with Crippen LogP contribution >= 0.6 is 15.6 Å². The minimum absolute atomic E-state index is 0.105. The number of hydrogen-bond donors (Lipinski definition) is 3. The van der Waals surface area contributed by atoms with E-state index in [1.807, 2.05) is 0 Å². The lowest BCUT2D eigenvalue weighted by Gasteiger charge is -2.21. The number of hydrogen-bond acceptors (Lipinski definition) is 15. The van der Waals surface area contributed by atoms with Gasteiger partial charge >= 0.3 is 39.5 Å². The topological polar surface area (TPSA) is 237 Å². The minimum Gasteiger partial charge on any atom is -0.462 e. The molecule has 0 spiro atoms. The molecule has 0 fully saturated rings. The van der Waals surface area contributed by atoms with Gasteiger partial charge in [0.2, 0.25) is 0 Å². The van der Waals surface area contributed by atoms with Crippen LogP contribution in [0.15, 0.2) is 0 Å². The second kappa shape index (κ2) is 69.1. The van der Waals surface area contributed by atoms with Gasteiger partial charge in [-0.3, -0.25) is 37.3 Å². The summed E-state index contributed by atoms with van der Waals surface area (Å²) in [4.78, 5) is 73.0. The Labute approximate surface area is 607 Å². The fourth-order valence-corrected chi connectivity index (χ4v) is 13.8. The molecule has 0 aliphatic heterocycles. The van der Waals surface area contributed by atoms with E-state index in [-0.39, 0.29) is 25.7 Å². The van der Waals surface area contributed by atoms with Crippen LogP contribution in [0.1, 0.15) is 409 Å². The SMILES string of the molecule is CC(C)CCCCCCCCCCCCCCCCCC(=O)OC[C@H](COP(=O)(O)OCC(O)COP(=O)(O)OC[C@@H](COC(=O)CCCCCCCCCC(C)C)OC(=O)CCCCCCCCCCCCC(C)C)OC(=O)CCCCCCCCCCCCCCCCCC(C)C. The van der Waals surface area contributed by atoms with E-state index in [0.717, 1.165) is 114 Å². The number of rotatable bonds is 77.